The number of carbonyl (C=O) groups excluding carboxylic acids is 1. The normalized spacial score (nSPS) is 14.3. The highest BCUT2D eigenvalue weighted by Gasteiger charge is 2.28. The molecule has 6 rings (SSSR count). The number of nitrogens with zero attached hydrogens (tertiary/aromatic N) is 2. The van der Waals surface area contributed by atoms with E-state index in [0.29, 0.717) is 38.3 Å². The first-order chi connectivity index (χ1) is 20.1. The molecule has 1 fully saturated rings. The molecule has 0 bridgehead atoms. The molecule has 1 saturated heterocycles. The Morgan fingerprint density at radius 1 is 0.878 bits per heavy atom. The number of aromatic amines is 1. The molecular weight excluding hydrogens is 513 g/mol. The van der Waals surface area contributed by atoms with E-state index in [1.807, 2.05) is 64.4 Å². The maximum atomic E-state index is 14.4. The number of amides is 1. The fraction of sp³-hybridized carbons (Fsp3) is 0.229. The van der Waals surface area contributed by atoms with Crippen molar-refractivity contribution in [1.29, 1.82) is 0 Å². The number of hydrogen-bond acceptors (Lipinski definition) is 3. The Labute approximate surface area is 240 Å². The molecule has 208 valence electrons. The quantitative estimate of drug-likeness (QED) is 0.218. The average molecular weight is 548 g/mol. The summed E-state index contributed by atoms with van der Waals surface area (Å²) >= 11 is 0. The number of ether oxygens (including phenoxy) is 1. The number of benzene rings is 4. The molecule has 1 aliphatic heterocycles. The summed E-state index contributed by atoms with van der Waals surface area (Å²) in [6.07, 6.45) is 3.31. The van der Waals surface area contributed by atoms with Crippen molar-refractivity contribution in [2.24, 2.45) is 0 Å². The number of halogens is 1. The standard InChI is InChI=1S/C35H34FN3O2/c1-2-25-10-9-15-29-31(24-37-35(25)29)30(26-11-8-14-28(22-26)41-27-12-4-3-5-13-27)23-34(40)39-20-18-38(19-21-39)33-17-7-6-16-32(33)36/h3-17,22,24,30,37H,2,18-21,23H2,1H3. The van der Waals surface area contributed by atoms with Gasteiger partial charge >= 0.3 is 0 Å². The van der Waals surface area contributed by atoms with Crippen LogP contribution in [0.2, 0.25) is 0 Å². The van der Waals surface area contributed by atoms with Gasteiger partial charge < -0.3 is 19.5 Å². The summed E-state index contributed by atoms with van der Waals surface area (Å²) in [7, 11) is 0. The number of carbonyl (C=O) groups is 1. The molecule has 0 aliphatic carbocycles. The van der Waals surface area contributed by atoms with E-state index in [1.54, 1.807) is 12.1 Å². The molecule has 1 atom stereocenters. The highest BCUT2D eigenvalue weighted by molar-refractivity contribution is 5.88. The smallest absolute Gasteiger partial charge is 0.223 e. The van der Waals surface area contributed by atoms with Gasteiger partial charge in [0, 0.05) is 55.6 Å². The van der Waals surface area contributed by atoms with Crippen LogP contribution in [0.1, 0.15) is 36.0 Å². The number of anilines is 1. The van der Waals surface area contributed by atoms with E-state index in [9.17, 15) is 9.18 Å². The third-order valence-electron chi connectivity index (χ3n) is 8.03. The lowest BCUT2D eigenvalue weighted by atomic mass is 9.87. The maximum Gasteiger partial charge on any atom is 0.223 e. The van der Waals surface area contributed by atoms with Gasteiger partial charge in [0.25, 0.3) is 0 Å². The van der Waals surface area contributed by atoms with E-state index < -0.39 is 0 Å². The summed E-state index contributed by atoms with van der Waals surface area (Å²) < 4.78 is 20.5. The zero-order valence-electron chi connectivity index (χ0n) is 23.2. The Balaban J connectivity index is 1.28. The van der Waals surface area contributed by atoms with Crippen LogP contribution in [0.3, 0.4) is 0 Å². The molecule has 0 saturated carbocycles. The first-order valence-electron chi connectivity index (χ1n) is 14.3. The van der Waals surface area contributed by atoms with Crippen molar-refractivity contribution in [3.05, 3.63) is 126 Å². The summed E-state index contributed by atoms with van der Waals surface area (Å²) in [6.45, 7) is 4.48. The number of fused-ring (bicyclic) bond motifs is 1. The highest BCUT2D eigenvalue weighted by Crippen LogP contribution is 2.37. The van der Waals surface area contributed by atoms with Crippen LogP contribution < -0.4 is 9.64 Å². The molecule has 1 amide bonds. The minimum atomic E-state index is -0.226. The van der Waals surface area contributed by atoms with Crippen molar-refractivity contribution < 1.29 is 13.9 Å². The molecule has 0 radical (unpaired) electrons. The van der Waals surface area contributed by atoms with E-state index in [-0.39, 0.29) is 17.6 Å². The van der Waals surface area contributed by atoms with Crippen LogP contribution in [0.5, 0.6) is 11.5 Å². The van der Waals surface area contributed by atoms with Gasteiger partial charge in [0.15, 0.2) is 0 Å². The first kappa shape index (κ1) is 26.6. The number of rotatable bonds is 8. The molecule has 6 heteroatoms. The van der Waals surface area contributed by atoms with Crippen LogP contribution in [0.25, 0.3) is 10.9 Å². The van der Waals surface area contributed by atoms with Crippen molar-refractivity contribution in [2.75, 3.05) is 31.1 Å². The zero-order valence-corrected chi connectivity index (χ0v) is 23.2. The van der Waals surface area contributed by atoms with Gasteiger partial charge in [0.05, 0.1) is 5.69 Å². The predicted molar refractivity (Wildman–Crippen MR) is 162 cm³/mol. The molecular formula is C35H34FN3O2. The number of para-hydroxylation sites is 3. The summed E-state index contributed by atoms with van der Waals surface area (Å²) in [5.41, 5.74) is 5.10. The van der Waals surface area contributed by atoms with E-state index in [1.165, 1.54) is 11.6 Å². The van der Waals surface area contributed by atoms with Crippen LogP contribution in [-0.4, -0.2) is 42.0 Å². The Bertz CT molecular complexity index is 1640. The zero-order chi connectivity index (χ0) is 28.2. The molecule has 2 heterocycles. The van der Waals surface area contributed by atoms with Gasteiger partial charge in [-0.3, -0.25) is 4.79 Å². The number of hydrogen-bond donors (Lipinski definition) is 1. The lowest BCUT2D eigenvalue weighted by molar-refractivity contribution is -0.131. The second kappa shape index (κ2) is 11.9. The predicted octanol–water partition coefficient (Wildman–Crippen LogP) is 7.53. The fourth-order valence-electron chi connectivity index (χ4n) is 5.86. The summed E-state index contributed by atoms with van der Waals surface area (Å²) in [5.74, 6) is 1.21. The number of aryl methyl sites for hydroxylation is 1. The number of nitrogens with one attached hydrogen (secondary N) is 1. The molecule has 1 N–H and O–H groups in total. The average Bonchev–Trinajstić information content (AvgIpc) is 3.45. The van der Waals surface area contributed by atoms with Crippen molar-refractivity contribution in [2.45, 2.75) is 25.7 Å². The molecule has 5 aromatic rings. The SMILES string of the molecule is CCc1cccc2c(C(CC(=O)N3CCN(c4ccccc4F)CC3)c3cccc(Oc4ccccc4)c3)c[nH]c12. The summed E-state index contributed by atoms with van der Waals surface area (Å²) in [5, 5.41) is 1.14. The second-order valence-electron chi connectivity index (χ2n) is 10.5. The molecule has 5 nitrogen and oxygen atoms in total. The van der Waals surface area contributed by atoms with E-state index in [0.717, 1.165) is 39.9 Å². The Morgan fingerprint density at radius 3 is 2.39 bits per heavy atom. The minimum absolute atomic E-state index is 0.0959. The largest absolute Gasteiger partial charge is 0.457 e. The second-order valence-corrected chi connectivity index (χ2v) is 10.5. The minimum Gasteiger partial charge on any atom is -0.457 e. The van der Waals surface area contributed by atoms with Gasteiger partial charge in [-0.1, -0.05) is 67.6 Å². The van der Waals surface area contributed by atoms with Gasteiger partial charge in [-0.2, -0.15) is 0 Å². The van der Waals surface area contributed by atoms with Crippen LogP contribution in [0.15, 0.2) is 103 Å². The van der Waals surface area contributed by atoms with E-state index in [4.69, 9.17) is 4.74 Å². The molecule has 1 aromatic heterocycles. The summed E-state index contributed by atoms with van der Waals surface area (Å²) in [6, 6.07) is 31.0. The Kier molecular flexibility index (Phi) is 7.72. The Hall–Kier alpha value is -4.58. The fourth-order valence-corrected chi connectivity index (χ4v) is 5.86. The Morgan fingerprint density at radius 2 is 1.61 bits per heavy atom. The number of aromatic nitrogens is 1. The van der Waals surface area contributed by atoms with Crippen molar-refractivity contribution in [3.63, 3.8) is 0 Å². The summed E-state index contributed by atoms with van der Waals surface area (Å²) in [4.78, 5) is 21.2. The van der Waals surface area contributed by atoms with Gasteiger partial charge in [0.2, 0.25) is 5.91 Å². The maximum absolute atomic E-state index is 14.4. The van der Waals surface area contributed by atoms with Crippen LogP contribution >= 0.6 is 0 Å². The molecule has 1 aliphatic rings. The van der Waals surface area contributed by atoms with Crippen LogP contribution in [0, 0.1) is 5.82 Å². The topological polar surface area (TPSA) is 48.6 Å². The van der Waals surface area contributed by atoms with Gasteiger partial charge in [-0.05, 0) is 59.5 Å². The van der Waals surface area contributed by atoms with Crippen LogP contribution in [-0.2, 0) is 11.2 Å². The lowest BCUT2D eigenvalue weighted by Gasteiger charge is -2.36. The highest BCUT2D eigenvalue weighted by atomic mass is 19.1. The molecule has 41 heavy (non-hydrogen) atoms. The van der Waals surface area contributed by atoms with Crippen molar-refractivity contribution >= 4 is 22.5 Å². The van der Waals surface area contributed by atoms with Gasteiger partial charge in [-0.15, -0.1) is 0 Å². The molecule has 1 unspecified atom stereocenters. The van der Waals surface area contributed by atoms with E-state index in [2.05, 4.69) is 42.4 Å². The third kappa shape index (κ3) is 5.68. The van der Waals surface area contributed by atoms with Crippen molar-refractivity contribution in [3.8, 4) is 11.5 Å². The van der Waals surface area contributed by atoms with Gasteiger partial charge in [0.1, 0.15) is 17.3 Å². The first-order valence-corrected chi connectivity index (χ1v) is 14.3. The van der Waals surface area contributed by atoms with Crippen LogP contribution in [0.4, 0.5) is 10.1 Å². The molecule has 0 spiro atoms. The number of piperazine rings is 1. The third-order valence-corrected chi connectivity index (χ3v) is 8.03. The lowest BCUT2D eigenvalue weighted by Crippen LogP contribution is -2.49. The van der Waals surface area contributed by atoms with E-state index >= 15 is 0 Å². The van der Waals surface area contributed by atoms with Gasteiger partial charge in [-0.25, -0.2) is 4.39 Å². The molecule has 4 aromatic carbocycles. The number of H-pyrrole nitrogens is 1. The van der Waals surface area contributed by atoms with Crippen molar-refractivity contribution in [1.82, 2.24) is 9.88 Å². The monoisotopic (exact) mass is 547 g/mol.